The molecule has 0 bridgehead atoms. The van der Waals surface area contributed by atoms with E-state index in [0.29, 0.717) is 27.6 Å². The third kappa shape index (κ3) is 5.21. The highest BCUT2D eigenvalue weighted by Crippen LogP contribution is 2.20. The van der Waals surface area contributed by atoms with Gasteiger partial charge in [-0.05, 0) is 67.6 Å². The molecule has 1 amide bonds. The average molecular weight is 425 g/mol. The molecule has 152 valence electrons. The van der Waals surface area contributed by atoms with Crippen molar-refractivity contribution in [2.75, 3.05) is 5.32 Å². The fourth-order valence-corrected chi connectivity index (χ4v) is 2.79. The Morgan fingerprint density at radius 3 is 2.07 bits per heavy atom. The second-order valence-corrected chi connectivity index (χ2v) is 6.85. The van der Waals surface area contributed by atoms with Crippen LogP contribution in [-0.2, 0) is 0 Å². The summed E-state index contributed by atoms with van der Waals surface area (Å²) in [6.45, 7) is 1.65. The van der Waals surface area contributed by atoms with Gasteiger partial charge in [-0.15, -0.1) is 0 Å². The number of Topliss-reactive ketones (excluding diaryl/α,β-unsaturated/α-hetero) is 1. The number of non-ortho nitro benzene ring substituents is 1. The summed E-state index contributed by atoms with van der Waals surface area (Å²) in [6, 6.07) is 18.4. The molecule has 7 nitrogen and oxygen atoms in total. The van der Waals surface area contributed by atoms with Crippen molar-refractivity contribution in [1.29, 1.82) is 0 Å². The summed E-state index contributed by atoms with van der Waals surface area (Å²) in [4.78, 5) is 34.8. The van der Waals surface area contributed by atoms with E-state index in [1.165, 1.54) is 24.3 Å². The second-order valence-electron chi connectivity index (χ2n) is 6.41. The van der Waals surface area contributed by atoms with E-state index in [2.05, 4.69) is 5.32 Å². The molecular weight excluding hydrogens is 408 g/mol. The Balaban J connectivity index is 1.60. The molecule has 3 aromatic carbocycles. The molecule has 0 saturated carbocycles. The van der Waals surface area contributed by atoms with Gasteiger partial charge in [-0.3, -0.25) is 19.7 Å². The van der Waals surface area contributed by atoms with E-state index >= 15 is 0 Å². The van der Waals surface area contributed by atoms with Crippen LogP contribution in [0.1, 0.15) is 27.6 Å². The fourth-order valence-electron chi connectivity index (χ4n) is 2.66. The molecule has 0 aliphatic heterocycles. The lowest BCUT2D eigenvalue weighted by molar-refractivity contribution is -0.384. The van der Waals surface area contributed by atoms with E-state index in [1.54, 1.807) is 55.5 Å². The van der Waals surface area contributed by atoms with Crippen molar-refractivity contribution >= 4 is 34.7 Å². The number of rotatable bonds is 7. The van der Waals surface area contributed by atoms with Crippen molar-refractivity contribution < 1.29 is 19.2 Å². The highest BCUT2D eigenvalue weighted by Gasteiger charge is 2.17. The maximum absolute atomic E-state index is 12.4. The third-order valence-corrected chi connectivity index (χ3v) is 4.52. The number of hydrogen-bond donors (Lipinski definition) is 1. The molecule has 0 fully saturated rings. The minimum atomic E-state index is -0.702. The van der Waals surface area contributed by atoms with Gasteiger partial charge in [0.1, 0.15) is 5.75 Å². The third-order valence-electron chi connectivity index (χ3n) is 4.26. The summed E-state index contributed by atoms with van der Waals surface area (Å²) in [5.41, 5.74) is 1.22. The van der Waals surface area contributed by atoms with Crippen LogP contribution in [0.4, 0.5) is 11.4 Å². The highest BCUT2D eigenvalue weighted by atomic mass is 35.5. The van der Waals surface area contributed by atoms with Crippen molar-refractivity contribution in [3.8, 4) is 5.75 Å². The number of nitrogens with zero attached hydrogens (tertiary/aromatic N) is 1. The number of amides is 1. The van der Waals surface area contributed by atoms with Crippen LogP contribution >= 0.6 is 11.6 Å². The molecule has 8 heteroatoms. The minimum Gasteiger partial charge on any atom is -0.483 e. The average Bonchev–Trinajstić information content (AvgIpc) is 2.75. The van der Waals surface area contributed by atoms with E-state index in [0.717, 1.165) is 0 Å². The van der Waals surface area contributed by atoms with Crippen LogP contribution in [0.25, 0.3) is 0 Å². The van der Waals surface area contributed by atoms with Crippen LogP contribution in [0.5, 0.6) is 5.75 Å². The highest BCUT2D eigenvalue weighted by molar-refractivity contribution is 6.30. The lowest BCUT2D eigenvalue weighted by atomic mass is 10.1. The van der Waals surface area contributed by atoms with Gasteiger partial charge in [0.05, 0.1) is 4.92 Å². The fraction of sp³-hybridized carbons (Fsp3) is 0.0909. The van der Waals surface area contributed by atoms with E-state index in [4.69, 9.17) is 16.3 Å². The van der Waals surface area contributed by atoms with Crippen molar-refractivity contribution in [1.82, 2.24) is 0 Å². The molecule has 1 atom stereocenters. The van der Waals surface area contributed by atoms with E-state index in [9.17, 15) is 19.7 Å². The van der Waals surface area contributed by atoms with Crippen molar-refractivity contribution in [2.45, 2.75) is 13.0 Å². The van der Waals surface area contributed by atoms with Crippen LogP contribution in [-0.4, -0.2) is 22.7 Å². The zero-order valence-corrected chi connectivity index (χ0v) is 16.6. The van der Waals surface area contributed by atoms with E-state index in [-0.39, 0.29) is 11.5 Å². The van der Waals surface area contributed by atoms with Crippen molar-refractivity contribution in [3.63, 3.8) is 0 Å². The molecule has 0 aliphatic rings. The molecule has 0 radical (unpaired) electrons. The number of ketones is 1. The molecule has 0 saturated heterocycles. The first-order valence-corrected chi connectivity index (χ1v) is 9.33. The summed E-state index contributed by atoms with van der Waals surface area (Å²) in [7, 11) is 0. The number of ether oxygens (including phenoxy) is 1. The molecule has 0 aromatic heterocycles. The Morgan fingerprint density at radius 2 is 1.50 bits per heavy atom. The smallest absolute Gasteiger partial charge is 0.269 e. The van der Waals surface area contributed by atoms with Crippen molar-refractivity contribution in [3.05, 3.63) is 99.1 Å². The maximum atomic E-state index is 12.4. The number of anilines is 1. The number of benzene rings is 3. The molecule has 0 spiro atoms. The minimum absolute atomic E-state index is 0.0877. The molecule has 0 heterocycles. The zero-order valence-electron chi connectivity index (χ0n) is 15.9. The quantitative estimate of drug-likeness (QED) is 0.321. The topological polar surface area (TPSA) is 98.5 Å². The van der Waals surface area contributed by atoms with Gasteiger partial charge in [0.15, 0.2) is 6.10 Å². The molecular formula is C22H17ClN2O5. The predicted octanol–water partition coefficient (Wildman–Crippen LogP) is 5.15. The number of nitrogens with one attached hydrogen (secondary N) is 1. The number of hydrogen-bond acceptors (Lipinski definition) is 5. The van der Waals surface area contributed by atoms with Gasteiger partial charge in [-0.2, -0.15) is 0 Å². The summed E-state index contributed by atoms with van der Waals surface area (Å²) < 4.78 is 5.68. The first-order valence-electron chi connectivity index (χ1n) is 8.96. The molecule has 3 aromatic rings. The standard InChI is InChI=1S/C22H17ClN2O5/c1-14(21(26)15-2-6-17(23)7-3-15)30-20-12-8-18(9-13-20)24-22(27)16-4-10-19(11-5-16)25(28)29/h2-14H,1H3,(H,24,27). The lowest BCUT2D eigenvalue weighted by Gasteiger charge is -2.14. The van der Waals surface area contributed by atoms with Crippen LogP contribution in [0.15, 0.2) is 72.8 Å². The first-order chi connectivity index (χ1) is 14.3. The van der Waals surface area contributed by atoms with Crippen LogP contribution in [0, 0.1) is 10.1 Å². The lowest BCUT2D eigenvalue weighted by Crippen LogP contribution is -2.23. The number of carbonyl (C=O) groups is 2. The first kappa shape index (κ1) is 21.0. The van der Waals surface area contributed by atoms with Gasteiger partial charge >= 0.3 is 0 Å². The maximum Gasteiger partial charge on any atom is 0.269 e. The van der Waals surface area contributed by atoms with E-state index in [1.807, 2.05) is 0 Å². The number of nitro groups is 1. The van der Waals surface area contributed by atoms with Gasteiger partial charge in [-0.1, -0.05) is 11.6 Å². The number of halogens is 1. The van der Waals surface area contributed by atoms with Gasteiger partial charge in [0.2, 0.25) is 5.78 Å². The van der Waals surface area contributed by atoms with Crippen LogP contribution in [0.3, 0.4) is 0 Å². The van der Waals surface area contributed by atoms with Crippen LogP contribution < -0.4 is 10.1 Å². The van der Waals surface area contributed by atoms with Gasteiger partial charge in [-0.25, -0.2) is 0 Å². The number of carbonyl (C=O) groups excluding carboxylic acids is 2. The summed E-state index contributed by atoms with van der Waals surface area (Å²) in [6.07, 6.45) is -0.702. The van der Waals surface area contributed by atoms with E-state index < -0.39 is 16.9 Å². The Hall–Kier alpha value is -3.71. The second kappa shape index (κ2) is 9.19. The number of nitro benzene ring substituents is 1. The predicted molar refractivity (Wildman–Crippen MR) is 113 cm³/mol. The van der Waals surface area contributed by atoms with Gasteiger partial charge in [0, 0.05) is 34.0 Å². The molecule has 0 aliphatic carbocycles. The zero-order chi connectivity index (χ0) is 21.7. The Bertz CT molecular complexity index is 1060. The SMILES string of the molecule is CC(Oc1ccc(NC(=O)c2ccc([N+](=O)[O-])cc2)cc1)C(=O)c1ccc(Cl)cc1. The van der Waals surface area contributed by atoms with Gasteiger partial charge < -0.3 is 10.1 Å². The summed E-state index contributed by atoms with van der Waals surface area (Å²) in [5, 5.41) is 13.9. The summed E-state index contributed by atoms with van der Waals surface area (Å²) in [5.74, 6) is -0.106. The van der Waals surface area contributed by atoms with Crippen molar-refractivity contribution in [2.24, 2.45) is 0 Å². The molecule has 30 heavy (non-hydrogen) atoms. The largest absolute Gasteiger partial charge is 0.483 e. The Labute approximate surface area is 177 Å². The monoisotopic (exact) mass is 424 g/mol. The molecule has 1 unspecified atom stereocenters. The normalized spacial score (nSPS) is 11.4. The van der Waals surface area contributed by atoms with Crippen LogP contribution in [0.2, 0.25) is 5.02 Å². The Morgan fingerprint density at radius 1 is 0.933 bits per heavy atom. The Kier molecular flexibility index (Phi) is 6.44. The molecule has 1 N–H and O–H groups in total. The summed E-state index contributed by atoms with van der Waals surface area (Å²) >= 11 is 5.84. The molecule has 3 rings (SSSR count). The van der Waals surface area contributed by atoms with Gasteiger partial charge in [0.25, 0.3) is 11.6 Å².